The molecular formula is C19H25N6S+. The van der Waals surface area contributed by atoms with Crippen LogP contribution >= 0.6 is 11.3 Å². The summed E-state index contributed by atoms with van der Waals surface area (Å²) in [5, 5.41) is 14.4. The van der Waals surface area contributed by atoms with Crippen molar-refractivity contribution in [3.8, 4) is 0 Å². The normalized spacial score (nSPS) is 15.5. The maximum atomic E-state index is 4.27. The Morgan fingerprint density at radius 1 is 1.15 bits per heavy atom. The zero-order chi connectivity index (χ0) is 17.9. The van der Waals surface area contributed by atoms with Gasteiger partial charge >= 0.3 is 0 Å². The predicted molar refractivity (Wildman–Crippen MR) is 104 cm³/mol. The minimum atomic E-state index is 0.766. The molecule has 136 valence electrons. The number of aromatic nitrogens is 4. The fourth-order valence-electron chi connectivity index (χ4n) is 3.55. The Balaban J connectivity index is 1.37. The van der Waals surface area contributed by atoms with E-state index in [1.807, 2.05) is 4.68 Å². The molecule has 1 saturated heterocycles. The number of anilines is 1. The molecule has 1 aliphatic rings. The van der Waals surface area contributed by atoms with Crippen LogP contribution in [0.25, 0.3) is 0 Å². The standard InChI is InChI=1S/C19H24N6S/c1-15-5-6-16(2)18(12-15)24-9-7-23(8-10-24)14-19-20-21-22-25(19)13-17-4-3-11-26-17/h3-6,11-12H,7-10,13-14H2,1-2H3/p+1. The van der Waals surface area contributed by atoms with Crippen molar-refractivity contribution in [3.63, 3.8) is 0 Å². The first-order valence-corrected chi connectivity index (χ1v) is 10.0. The fourth-order valence-corrected chi connectivity index (χ4v) is 4.23. The topological polar surface area (TPSA) is 51.3 Å². The Morgan fingerprint density at radius 3 is 2.77 bits per heavy atom. The van der Waals surface area contributed by atoms with Crippen LogP contribution in [-0.2, 0) is 13.1 Å². The average molecular weight is 370 g/mol. The molecule has 0 amide bonds. The van der Waals surface area contributed by atoms with Gasteiger partial charge in [0.25, 0.3) is 0 Å². The second-order valence-electron chi connectivity index (χ2n) is 7.04. The molecule has 0 bridgehead atoms. The Kier molecular flexibility index (Phi) is 4.99. The van der Waals surface area contributed by atoms with Crippen molar-refractivity contribution in [1.29, 1.82) is 0 Å². The van der Waals surface area contributed by atoms with Gasteiger partial charge in [-0.1, -0.05) is 18.2 Å². The summed E-state index contributed by atoms with van der Waals surface area (Å²) in [5.41, 5.74) is 4.07. The molecule has 3 heterocycles. The van der Waals surface area contributed by atoms with Gasteiger partial charge in [0.1, 0.15) is 6.54 Å². The number of thiophene rings is 1. The van der Waals surface area contributed by atoms with Crippen LogP contribution in [-0.4, -0.2) is 46.4 Å². The lowest BCUT2D eigenvalue weighted by Gasteiger charge is -2.34. The van der Waals surface area contributed by atoms with E-state index in [-0.39, 0.29) is 0 Å². The number of piperazine rings is 1. The Hall–Kier alpha value is -2.25. The highest BCUT2D eigenvalue weighted by atomic mass is 32.1. The lowest BCUT2D eigenvalue weighted by Crippen LogP contribution is -3.13. The molecule has 1 aliphatic heterocycles. The molecule has 2 aromatic heterocycles. The summed E-state index contributed by atoms with van der Waals surface area (Å²) >= 11 is 1.75. The molecule has 4 rings (SSSR count). The van der Waals surface area contributed by atoms with Crippen molar-refractivity contribution in [2.75, 3.05) is 31.1 Å². The molecule has 1 N–H and O–H groups in total. The smallest absolute Gasteiger partial charge is 0.206 e. The quantitative estimate of drug-likeness (QED) is 0.737. The SMILES string of the molecule is Cc1ccc(C)c(N2CC[NH+](Cc3nnnn3Cc3cccs3)CC2)c1. The summed E-state index contributed by atoms with van der Waals surface area (Å²) in [7, 11) is 0. The summed E-state index contributed by atoms with van der Waals surface area (Å²) in [4.78, 5) is 5.35. The van der Waals surface area contributed by atoms with Crippen LogP contribution in [0, 0.1) is 13.8 Å². The zero-order valence-corrected chi connectivity index (χ0v) is 16.2. The summed E-state index contributed by atoms with van der Waals surface area (Å²) in [5.74, 6) is 0.980. The molecule has 7 heteroatoms. The minimum absolute atomic E-state index is 0.766. The second kappa shape index (κ2) is 7.55. The van der Waals surface area contributed by atoms with E-state index < -0.39 is 0 Å². The van der Waals surface area contributed by atoms with Crippen molar-refractivity contribution in [3.05, 3.63) is 57.5 Å². The molecule has 0 saturated carbocycles. The number of tetrazole rings is 1. The number of benzene rings is 1. The van der Waals surface area contributed by atoms with Crippen molar-refractivity contribution in [2.45, 2.75) is 26.9 Å². The number of nitrogens with one attached hydrogen (secondary N) is 1. The molecule has 0 radical (unpaired) electrons. The third kappa shape index (κ3) is 3.78. The van der Waals surface area contributed by atoms with Crippen molar-refractivity contribution in [1.82, 2.24) is 20.2 Å². The number of aryl methyl sites for hydroxylation is 2. The number of hydrogen-bond acceptors (Lipinski definition) is 5. The lowest BCUT2D eigenvalue weighted by molar-refractivity contribution is -0.915. The van der Waals surface area contributed by atoms with E-state index in [0.717, 1.165) is 45.1 Å². The zero-order valence-electron chi connectivity index (χ0n) is 15.4. The van der Waals surface area contributed by atoms with E-state index in [1.54, 1.807) is 16.2 Å². The van der Waals surface area contributed by atoms with Crippen LogP contribution < -0.4 is 9.80 Å². The van der Waals surface area contributed by atoms with Gasteiger partial charge in [0.2, 0.25) is 5.82 Å². The third-order valence-electron chi connectivity index (χ3n) is 5.08. The minimum Gasteiger partial charge on any atom is -0.360 e. The first-order chi connectivity index (χ1) is 12.7. The predicted octanol–water partition coefficient (Wildman–Crippen LogP) is 1.30. The van der Waals surface area contributed by atoms with E-state index in [1.165, 1.54) is 21.7 Å². The van der Waals surface area contributed by atoms with Gasteiger partial charge in [-0.05, 0) is 52.9 Å². The molecule has 26 heavy (non-hydrogen) atoms. The van der Waals surface area contributed by atoms with Gasteiger partial charge in [-0.25, -0.2) is 4.68 Å². The lowest BCUT2D eigenvalue weighted by atomic mass is 10.1. The number of quaternary nitrogens is 1. The fraction of sp³-hybridized carbons (Fsp3) is 0.421. The first kappa shape index (κ1) is 17.2. The molecule has 1 aromatic carbocycles. The molecule has 0 aliphatic carbocycles. The van der Waals surface area contributed by atoms with Crippen LogP contribution in [0.2, 0.25) is 0 Å². The second-order valence-corrected chi connectivity index (χ2v) is 8.07. The molecule has 3 aromatic rings. The van der Waals surface area contributed by atoms with E-state index in [9.17, 15) is 0 Å². The molecule has 1 fully saturated rings. The molecule has 0 unspecified atom stereocenters. The highest BCUT2D eigenvalue weighted by molar-refractivity contribution is 7.09. The average Bonchev–Trinajstić information content (AvgIpc) is 3.31. The van der Waals surface area contributed by atoms with E-state index >= 15 is 0 Å². The maximum absolute atomic E-state index is 4.27. The van der Waals surface area contributed by atoms with Gasteiger partial charge in [-0.3, -0.25) is 0 Å². The maximum Gasteiger partial charge on any atom is 0.206 e. The summed E-state index contributed by atoms with van der Waals surface area (Å²) < 4.78 is 1.94. The van der Waals surface area contributed by atoms with Crippen molar-refractivity contribution in [2.24, 2.45) is 0 Å². The van der Waals surface area contributed by atoms with Gasteiger partial charge in [0, 0.05) is 10.6 Å². The Labute approximate surface area is 158 Å². The molecular weight excluding hydrogens is 344 g/mol. The highest BCUT2D eigenvalue weighted by Gasteiger charge is 2.23. The van der Waals surface area contributed by atoms with Crippen LogP contribution in [0.5, 0.6) is 0 Å². The summed E-state index contributed by atoms with van der Waals surface area (Å²) in [6.07, 6.45) is 0. The number of hydrogen-bond donors (Lipinski definition) is 1. The Morgan fingerprint density at radius 2 is 2.00 bits per heavy atom. The number of nitrogens with zero attached hydrogens (tertiary/aromatic N) is 5. The van der Waals surface area contributed by atoms with Gasteiger partial charge in [-0.2, -0.15) is 0 Å². The number of rotatable bonds is 5. The van der Waals surface area contributed by atoms with Crippen molar-refractivity contribution >= 4 is 17.0 Å². The van der Waals surface area contributed by atoms with Gasteiger partial charge in [0.05, 0.1) is 32.7 Å². The van der Waals surface area contributed by atoms with Crippen LogP contribution in [0.1, 0.15) is 21.8 Å². The van der Waals surface area contributed by atoms with Gasteiger partial charge in [-0.15, -0.1) is 16.4 Å². The molecule has 0 atom stereocenters. The van der Waals surface area contributed by atoms with Gasteiger partial charge < -0.3 is 9.80 Å². The molecule has 6 nitrogen and oxygen atoms in total. The molecule has 0 spiro atoms. The monoisotopic (exact) mass is 369 g/mol. The van der Waals surface area contributed by atoms with E-state index in [4.69, 9.17) is 0 Å². The summed E-state index contributed by atoms with van der Waals surface area (Å²) in [6.45, 7) is 10.4. The van der Waals surface area contributed by atoms with E-state index in [2.05, 4.69) is 70.0 Å². The van der Waals surface area contributed by atoms with Crippen LogP contribution in [0.15, 0.2) is 35.7 Å². The first-order valence-electron chi connectivity index (χ1n) is 9.12. The highest BCUT2D eigenvalue weighted by Crippen LogP contribution is 2.21. The van der Waals surface area contributed by atoms with E-state index in [0.29, 0.717) is 0 Å². The van der Waals surface area contributed by atoms with Crippen LogP contribution in [0.3, 0.4) is 0 Å². The summed E-state index contributed by atoms with van der Waals surface area (Å²) in [6, 6.07) is 10.9. The van der Waals surface area contributed by atoms with Crippen molar-refractivity contribution < 1.29 is 4.90 Å². The van der Waals surface area contributed by atoms with Gasteiger partial charge in [0.15, 0.2) is 0 Å². The largest absolute Gasteiger partial charge is 0.360 e. The Bertz CT molecular complexity index is 849. The van der Waals surface area contributed by atoms with Crippen LogP contribution in [0.4, 0.5) is 5.69 Å². The third-order valence-corrected chi connectivity index (χ3v) is 5.94.